The molecular weight excluding hydrogens is 1650 g/mol. The molecule has 0 fully saturated rings. The van der Waals surface area contributed by atoms with Crippen LogP contribution in [0.15, 0.2) is 122 Å². The number of phenolic OH excluding ortho intramolecular Hbond substituents is 3. The Morgan fingerprint density at radius 2 is 0.913 bits per heavy atom. The number of aromatic nitrogens is 7. The molecule has 7 heterocycles. The van der Waals surface area contributed by atoms with Crippen molar-refractivity contribution in [2.45, 2.75) is 104 Å². The Bertz CT molecular complexity index is 6170. The monoisotopic (exact) mass is 1760 g/mol. The van der Waals surface area contributed by atoms with Crippen LogP contribution in [-0.2, 0) is 136 Å². The topological polar surface area (TPSA) is 296 Å². The van der Waals surface area contributed by atoms with Gasteiger partial charge in [0.25, 0.3) is 0 Å². The van der Waals surface area contributed by atoms with Gasteiger partial charge in [0.15, 0.2) is 34.7 Å². The summed E-state index contributed by atoms with van der Waals surface area (Å²) < 4.78 is 120. The number of carbonyl (C=O) groups excluding carboxylic acids is 4. The highest BCUT2D eigenvalue weighted by molar-refractivity contribution is 6.00. The molecular formula is C95H111F6N11O15. The van der Waals surface area contributed by atoms with E-state index >= 15 is 0 Å². The van der Waals surface area contributed by atoms with E-state index in [4.69, 9.17) is 28.4 Å². The summed E-state index contributed by atoms with van der Waals surface area (Å²) in [6, 6.07) is 26.9. The fourth-order valence-electron chi connectivity index (χ4n) is 16.2. The average Bonchev–Trinajstić information content (AvgIpc) is 1.61. The zero-order chi connectivity index (χ0) is 93.8. The molecule has 26 nitrogen and oxygen atoms in total. The number of carboxylic acid groups (broad SMARTS) is 1. The first-order chi connectivity index (χ1) is 60.0. The molecule has 0 aliphatic heterocycles. The van der Waals surface area contributed by atoms with Gasteiger partial charge < -0.3 is 91.7 Å². The SMILES string of the molecule is CN(C)Cc1c(O)c(-c2cccnc2)cc2c1c(CC(=O)O)c(CN(C)C)n2C.COC(=O)C(Cc1ccccc1)c1c(C)n(C)c2cc(C(F)(F)F)c(OC)cc12.COC(=O)C(Cc1cccnc1)c1c(C)n(C)c2cc(F)c(OC)cc12.COC(=O)Cc1c(C)[nH]c2cc(F)c(O)c(CN(C)C)c12.COC(=O)Cc1c(C)n(C)c2cc(F)c(O)c(CN(C)C)c12. The molecule has 0 bridgehead atoms. The van der Waals surface area contributed by atoms with E-state index < -0.39 is 53.0 Å². The molecule has 13 aromatic rings. The Kier molecular flexibility index (Phi) is 32.3. The number of hydrogen-bond acceptors (Lipinski definition) is 20. The molecule has 0 saturated heterocycles. The van der Waals surface area contributed by atoms with Crippen LogP contribution < -0.4 is 9.47 Å². The molecule has 0 aliphatic rings. The van der Waals surface area contributed by atoms with Gasteiger partial charge in [-0.1, -0.05) is 42.5 Å². The van der Waals surface area contributed by atoms with E-state index in [9.17, 15) is 70.7 Å². The zero-order valence-corrected chi connectivity index (χ0v) is 75.6. The van der Waals surface area contributed by atoms with Gasteiger partial charge in [-0.3, -0.25) is 33.9 Å². The van der Waals surface area contributed by atoms with Gasteiger partial charge in [0.05, 0.1) is 90.4 Å². The van der Waals surface area contributed by atoms with Crippen molar-refractivity contribution in [3.05, 3.63) is 229 Å². The van der Waals surface area contributed by atoms with Crippen LogP contribution in [0.2, 0.25) is 0 Å². The fraction of sp³-hybridized carbons (Fsp3) is 0.358. The van der Waals surface area contributed by atoms with Crippen LogP contribution in [0, 0.1) is 45.1 Å². The number of alkyl halides is 3. The number of fused-ring (bicyclic) bond motifs is 5. The number of esters is 4. The first-order valence-corrected chi connectivity index (χ1v) is 40.3. The summed E-state index contributed by atoms with van der Waals surface area (Å²) in [5, 5.41) is 44.5. The van der Waals surface area contributed by atoms with Crippen LogP contribution in [0.5, 0.6) is 28.7 Å². The van der Waals surface area contributed by atoms with Crippen LogP contribution in [0.4, 0.5) is 26.3 Å². The smallest absolute Gasteiger partial charge is 0.420 e. The summed E-state index contributed by atoms with van der Waals surface area (Å²) in [5.41, 5.74) is 15.3. The molecule has 7 aromatic heterocycles. The number of benzene rings is 6. The summed E-state index contributed by atoms with van der Waals surface area (Å²) in [6.45, 7) is 9.23. The highest BCUT2D eigenvalue weighted by atomic mass is 19.4. The average molecular weight is 1760 g/mol. The summed E-state index contributed by atoms with van der Waals surface area (Å²) in [5.74, 6) is -6.06. The second-order valence-corrected chi connectivity index (χ2v) is 32.0. The molecule has 32 heteroatoms. The third-order valence-electron chi connectivity index (χ3n) is 22.5. The molecule has 0 aliphatic carbocycles. The fourth-order valence-corrected chi connectivity index (χ4v) is 16.2. The molecule has 5 N–H and O–H groups in total. The van der Waals surface area contributed by atoms with Gasteiger partial charge in [-0.2, -0.15) is 13.2 Å². The quantitative estimate of drug-likeness (QED) is 0.0202. The molecule has 0 radical (unpaired) electrons. The molecule has 127 heavy (non-hydrogen) atoms. The number of halogens is 6. The van der Waals surface area contributed by atoms with E-state index in [-0.39, 0.29) is 65.9 Å². The molecule has 0 saturated carbocycles. The van der Waals surface area contributed by atoms with Crippen molar-refractivity contribution in [2.75, 3.05) is 99.0 Å². The number of ether oxygens (including phenoxy) is 6. The first kappa shape index (κ1) is 97.9. The van der Waals surface area contributed by atoms with Crippen molar-refractivity contribution in [3.8, 4) is 39.9 Å². The number of carboxylic acids is 1. The number of hydrogen-bond donors (Lipinski definition) is 5. The van der Waals surface area contributed by atoms with Gasteiger partial charge in [0, 0.05) is 197 Å². The number of rotatable bonds is 25. The number of phenols is 3. The lowest BCUT2D eigenvalue weighted by Gasteiger charge is -2.17. The minimum atomic E-state index is -4.55. The lowest BCUT2D eigenvalue weighted by atomic mass is 9.89. The van der Waals surface area contributed by atoms with Crippen molar-refractivity contribution in [1.29, 1.82) is 0 Å². The number of H-pyrrole nitrogens is 1. The lowest BCUT2D eigenvalue weighted by molar-refractivity contribution is -0.143. The number of pyridine rings is 2. The third-order valence-corrected chi connectivity index (χ3v) is 22.5. The Morgan fingerprint density at radius 3 is 1.39 bits per heavy atom. The van der Waals surface area contributed by atoms with E-state index in [0.717, 1.165) is 95.0 Å². The van der Waals surface area contributed by atoms with Crippen LogP contribution in [0.1, 0.15) is 102 Å². The van der Waals surface area contributed by atoms with Crippen molar-refractivity contribution < 1.29 is 99.2 Å². The second-order valence-electron chi connectivity index (χ2n) is 32.0. The van der Waals surface area contributed by atoms with Gasteiger partial charge in [0.1, 0.15) is 11.5 Å². The molecule has 2 unspecified atom stereocenters. The maximum atomic E-state index is 14.2. The van der Waals surface area contributed by atoms with Crippen LogP contribution in [-0.4, -0.2) is 202 Å². The molecule has 0 spiro atoms. The van der Waals surface area contributed by atoms with Crippen molar-refractivity contribution in [1.82, 2.24) is 52.8 Å². The summed E-state index contributed by atoms with van der Waals surface area (Å²) >= 11 is 0. The molecule has 0 amide bonds. The highest BCUT2D eigenvalue weighted by Crippen LogP contribution is 2.46. The largest absolute Gasteiger partial charge is 0.507 e. The number of methoxy groups -OCH3 is 6. The predicted molar refractivity (Wildman–Crippen MR) is 475 cm³/mol. The minimum absolute atomic E-state index is 0.0772. The first-order valence-electron chi connectivity index (χ1n) is 40.3. The minimum Gasteiger partial charge on any atom is -0.507 e. The Balaban J connectivity index is 0.000000180. The summed E-state index contributed by atoms with van der Waals surface area (Å²) in [7, 11) is 30.4. The molecule has 13 rings (SSSR count). The normalized spacial score (nSPS) is 11.9. The number of nitrogens with zero attached hydrogens (tertiary/aromatic N) is 10. The van der Waals surface area contributed by atoms with Crippen molar-refractivity contribution in [3.63, 3.8) is 0 Å². The number of aromatic hydroxyl groups is 3. The van der Waals surface area contributed by atoms with E-state index in [1.54, 1.807) is 49.4 Å². The highest BCUT2D eigenvalue weighted by Gasteiger charge is 2.38. The van der Waals surface area contributed by atoms with E-state index in [1.807, 2.05) is 192 Å². The summed E-state index contributed by atoms with van der Waals surface area (Å²) in [6.07, 6.45) is 3.18. The van der Waals surface area contributed by atoms with Crippen LogP contribution >= 0.6 is 0 Å². The van der Waals surface area contributed by atoms with Crippen LogP contribution in [0.3, 0.4) is 0 Å². The van der Waals surface area contributed by atoms with Crippen LogP contribution in [0.25, 0.3) is 65.6 Å². The third kappa shape index (κ3) is 21.8. The van der Waals surface area contributed by atoms with E-state index in [2.05, 4.69) is 15.0 Å². The zero-order valence-electron chi connectivity index (χ0n) is 75.6. The number of aryl methyl sites for hydroxylation is 5. The van der Waals surface area contributed by atoms with Gasteiger partial charge in [-0.15, -0.1) is 0 Å². The molecule has 6 aromatic carbocycles. The molecule has 678 valence electrons. The second kappa shape index (κ2) is 41.9. The predicted octanol–water partition coefficient (Wildman–Crippen LogP) is 15.4. The van der Waals surface area contributed by atoms with Gasteiger partial charge >= 0.3 is 36.0 Å². The maximum Gasteiger partial charge on any atom is 0.420 e. The summed E-state index contributed by atoms with van der Waals surface area (Å²) in [4.78, 5) is 79.2. The van der Waals surface area contributed by atoms with Gasteiger partial charge in [0.2, 0.25) is 0 Å². The number of aromatic amines is 1. The van der Waals surface area contributed by atoms with Gasteiger partial charge in [-0.05, 0) is 172 Å². The van der Waals surface area contributed by atoms with Gasteiger partial charge in [-0.25, -0.2) is 13.2 Å². The lowest BCUT2D eigenvalue weighted by Crippen LogP contribution is -2.18. The van der Waals surface area contributed by atoms with E-state index in [1.165, 1.54) is 66.9 Å². The Hall–Kier alpha value is -12.9. The number of aliphatic carboxylic acids is 1. The Labute approximate surface area is 733 Å². The maximum absolute atomic E-state index is 14.2. The number of carbonyl (C=O) groups is 5. The Morgan fingerprint density at radius 1 is 0.465 bits per heavy atom. The van der Waals surface area contributed by atoms with Crippen molar-refractivity contribution in [2.24, 2.45) is 28.2 Å². The van der Waals surface area contributed by atoms with E-state index in [0.29, 0.717) is 99.8 Å². The standard InChI is InChI=1S/C22H22F3NO3.C22H28N4O3.C20H21FN2O3.C16H21FN2O3.C15H19FN2O3/c1-13-20(16(21(27)29-4)10-14-8-6-5-7-9-14)15-11-19(28-3)17(22(23,24)25)12-18(15)26(13)2;1-24(2)12-17-21-16(10-20(27)28)19(13-25(3)4)26(5)18(21)9-15(22(17)29)14-7-6-8-23-11-14;1-12-19(14-9-18(25-3)16(21)10-17(14)23(12)2)15(20(24)26-4)8-13-6-5-7-22-11-13;1-9-10(6-14(20)22-5)15-11(8-18(2)3)16(21)12(17)7-13(15)19(9)4;1-8-9(5-13(19)21-4)14-10(7-18(2)3)15(20)11(16)6-12(14)17-8/h5-9,11-12,16H,10H2,1-4H3;6-9,11,29H,10,12-13H2,1-5H3,(H,27,28);5-7,9-11,15H,8H2,1-4H3;7,21H,6,8H2,1-5H3;6,17,20H,5,7H2,1-4H3. The molecule has 2 atom stereocenters. The number of nitrogens with one attached hydrogen (secondary N) is 1. The van der Waals surface area contributed by atoms with Crippen molar-refractivity contribution >= 4 is 84.4 Å².